The zero-order valence-corrected chi connectivity index (χ0v) is 26.7. The highest BCUT2D eigenvalue weighted by Gasteiger charge is 2.21. The minimum absolute atomic E-state index is 0.171. The second kappa shape index (κ2) is 11.9. The van der Waals surface area contributed by atoms with E-state index in [9.17, 15) is 10.1 Å². The summed E-state index contributed by atoms with van der Waals surface area (Å²) in [5.74, 6) is -0.171. The van der Waals surface area contributed by atoms with Crippen LogP contribution in [0.5, 0.6) is 0 Å². The number of nitriles is 1. The highest BCUT2D eigenvalue weighted by Crippen LogP contribution is 2.37. The second-order valence-corrected chi connectivity index (χ2v) is 19.1. The molecule has 0 aliphatic heterocycles. The van der Waals surface area contributed by atoms with E-state index in [1.165, 1.54) is 16.7 Å². The van der Waals surface area contributed by atoms with Crippen molar-refractivity contribution in [3.63, 3.8) is 0 Å². The summed E-state index contributed by atoms with van der Waals surface area (Å²) in [5, 5.41) is 11.1. The number of carbonyl (C=O) groups is 1. The lowest BCUT2D eigenvalue weighted by Crippen LogP contribution is -2.24. The number of hydrogen-bond donors (Lipinski definition) is 0. The van der Waals surface area contributed by atoms with Crippen LogP contribution in [0.15, 0.2) is 42.1 Å². The van der Waals surface area contributed by atoms with Gasteiger partial charge in [0.2, 0.25) is 0 Å². The van der Waals surface area contributed by atoms with Crippen molar-refractivity contribution in [2.45, 2.75) is 91.4 Å². The quantitative estimate of drug-likeness (QED) is 0.116. The molecule has 0 saturated carbocycles. The third-order valence-corrected chi connectivity index (χ3v) is 9.31. The van der Waals surface area contributed by atoms with E-state index in [0.29, 0.717) is 23.7 Å². The van der Waals surface area contributed by atoms with E-state index < -0.39 is 13.7 Å². The molecule has 0 saturated heterocycles. The van der Waals surface area contributed by atoms with Crippen LogP contribution in [0.4, 0.5) is 0 Å². The summed E-state index contributed by atoms with van der Waals surface area (Å²) in [5.41, 5.74) is 8.12. The lowest BCUT2D eigenvalue weighted by molar-refractivity contribution is -0.153. The van der Waals surface area contributed by atoms with Crippen molar-refractivity contribution in [3.05, 3.63) is 69.4 Å². The standard InChI is InChI=1S/C33H41ClN2O3Si/c1-22-14-25(16-24-10-8-23(9-11-27(22)24)15-32(37)39-33(2,3)4)29-20-36(21-38-12-13-40(5,6)7)31-17-26(19-35)30(34)18-28(29)31/h8,14,16-18,20H,9-13,15,21H2,1-7H3. The average Bonchev–Trinajstić information content (AvgIpc) is 3.05. The number of rotatable bonds is 8. The molecule has 1 heterocycles. The molecule has 0 unspecified atom stereocenters. The number of benzene rings is 2. The summed E-state index contributed by atoms with van der Waals surface area (Å²) in [4.78, 5) is 12.5. The van der Waals surface area contributed by atoms with Gasteiger partial charge in [-0.25, -0.2) is 0 Å². The van der Waals surface area contributed by atoms with E-state index in [2.05, 4.69) is 61.6 Å². The Hall–Kier alpha value is -2.85. The summed E-state index contributed by atoms with van der Waals surface area (Å²) in [7, 11) is -1.19. The Bertz CT molecular complexity index is 1500. The number of ether oxygens (including phenoxy) is 2. The van der Waals surface area contributed by atoms with Crippen LogP contribution < -0.4 is 0 Å². The number of esters is 1. The molecule has 0 N–H and O–H groups in total. The zero-order valence-electron chi connectivity index (χ0n) is 24.9. The molecule has 0 spiro atoms. The molecule has 5 nitrogen and oxygen atoms in total. The number of fused-ring (bicyclic) bond motifs is 2. The summed E-state index contributed by atoms with van der Waals surface area (Å²) in [6.07, 6.45) is 7.19. The molecule has 4 rings (SSSR count). The van der Waals surface area contributed by atoms with Crippen LogP contribution in [0.3, 0.4) is 0 Å². The van der Waals surface area contributed by atoms with Gasteiger partial charge in [-0.2, -0.15) is 5.26 Å². The van der Waals surface area contributed by atoms with E-state index in [1.807, 2.05) is 32.9 Å². The molecule has 7 heteroatoms. The van der Waals surface area contributed by atoms with Crippen molar-refractivity contribution in [1.82, 2.24) is 4.57 Å². The lowest BCUT2D eigenvalue weighted by Gasteiger charge is -2.20. The third-order valence-electron chi connectivity index (χ3n) is 7.29. The van der Waals surface area contributed by atoms with Gasteiger partial charge in [0, 0.05) is 31.8 Å². The van der Waals surface area contributed by atoms with Crippen molar-refractivity contribution in [2.24, 2.45) is 0 Å². The first-order valence-corrected chi connectivity index (χ1v) is 18.2. The first-order chi connectivity index (χ1) is 18.7. The minimum atomic E-state index is -1.19. The zero-order chi connectivity index (χ0) is 29.2. The fraction of sp³-hybridized carbons (Fsp3) is 0.455. The Labute approximate surface area is 244 Å². The Morgan fingerprint density at radius 2 is 1.90 bits per heavy atom. The van der Waals surface area contributed by atoms with E-state index in [4.69, 9.17) is 21.1 Å². The van der Waals surface area contributed by atoms with E-state index >= 15 is 0 Å². The second-order valence-electron chi connectivity index (χ2n) is 13.1. The predicted molar refractivity (Wildman–Crippen MR) is 167 cm³/mol. The predicted octanol–water partition coefficient (Wildman–Crippen LogP) is 8.60. The molecule has 2 aromatic carbocycles. The molecule has 1 aliphatic rings. The Morgan fingerprint density at radius 3 is 2.58 bits per heavy atom. The molecule has 0 atom stereocenters. The van der Waals surface area contributed by atoms with Gasteiger partial charge in [0.05, 0.1) is 22.5 Å². The maximum Gasteiger partial charge on any atom is 0.310 e. The number of hydrogen-bond acceptors (Lipinski definition) is 4. The fourth-order valence-electron chi connectivity index (χ4n) is 5.22. The molecule has 40 heavy (non-hydrogen) atoms. The largest absolute Gasteiger partial charge is 0.460 e. The molecular formula is C33H41ClN2O3Si. The summed E-state index contributed by atoms with van der Waals surface area (Å²) in [6.45, 7) is 16.0. The SMILES string of the molecule is Cc1cc(-c2cn(COCC[Si](C)(C)C)c3cc(C#N)c(Cl)cc23)cc2c1CCC(CC(=O)OC(C)(C)C)=CC2. The molecule has 0 bridgehead atoms. The van der Waals surface area contributed by atoms with E-state index in [0.717, 1.165) is 59.5 Å². The van der Waals surface area contributed by atoms with Gasteiger partial charge in [-0.3, -0.25) is 4.79 Å². The van der Waals surface area contributed by atoms with Crippen LogP contribution in [0, 0.1) is 18.3 Å². The maximum atomic E-state index is 12.5. The van der Waals surface area contributed by atoms with Crippen molar-refractivity contribution in [2.75, 3.05) is 6.61 Å². The fourth-order valence-corrected chi connectivity index (χ4v) is 6.19. The van der Waals surface area contributed by atoms with Gasteiger partial charge in [-0.15, -0.1) is 0 Å². The molecule has 1 aromatic heterocycles. The number of allylic oxidation sites excluding steroid dienone is 1. The Balaban J connectivity index is 1.66. The molecule has 212 valence electrons. The summed E-state index contributed by atoms with van der Waals surface area (Å²) in [6, 6.07) is 11.6. The molecular weight excluding hydrogens is 536 g/mol. The topological polar surface area (TPSA) is 64.2 Å². The van der Waals surface area contributed by atoms with Gasteiger partial charge >= 0.3 is 5.97 Å². The first kappa shape index (κ1) is 30.1. The normalized spacial score (nSPS) is 13.9. The van der Waals surface area contributed by atoms with Crippen molar-refractivity contribution in [3.8, 4) is 17.2 Å². The average molecular weight is 577 g/mol. The van der Waals surface area contributed by atoms with Crippen LogP contribution in [0.2, 0.25) is 30.7 Å². The van der Waals surface area contributed by atoms with Crippen molar-refractivity contribution >= 4 is 36.5 Å². The maximum absolute atomic E-state index is 12.5. The third kappa shape index (κ3) is 7.45. The van der Waals surface area contributed by atoms with Gasteiger partial charge in [-0.05, 0) is 87.4 Å². The van der Waals surface area contributed by atoms with E-state index in [-0.39, 0.29) is 5.97 Å². The Morgan fingerprint density at radius 1 is 1.15 bits per heavy atom. The molecule has 3 aromatic rings. The highest BCUT2D eigenvalue weighted by molar-refractivity contribution is 6.76. The van der Waals surface area contributed by atoms with Gasteiger partial charge in [-0.1, -0.05) is 55.0 Å². The van der Waals surface area contributed by atoms with Crippen molar-refractivity contribution < 1.29 is 14.3 Å². The molecule has 0 radical (unpaired) electrons. The van der Waals surface area contributed by atoms with Crippen LogP contribution >= 0.6 is 11.6 Å². The minimum Gasteiger partial charge on any atom is -0.460 e. The smallest absolute Gasteiger partial charge is 0.310 e. The number of aryl methyl sites for hydroxylation is 1. The molecule has 0 amide bonds. The van der Waals surface area contributed by atoms with Crippen LogP contribution in [-0.2, 0) is 33.8 Å². The Kier molecular flexibility index (Phi) is 8.99. The van der Waals surface area contributed by atoms with Gasteiger partial charge in [0.1, 0.15) is 18.4 Å². The van der Waals surface area contributed by atoms with Gasteiger partial charge in [0.15, 0.2) is 0 Å². The molecule has 0 fully saturated rings. The van der Waals surface area contributed by atoms with Crippen molar-refractivity contribution in [1.29, 1.82) is 5.26 Å². The number of nitrogens with zero attached hydrogens (tertiary/aromatic N) is 2. The summed E-state index contributed by atoms with van der Waals surface area (Å²) < 4.78 is 13.7. The summed E-state index contributed by atoms with van der Waals surface area (Å²) >= 11 is 6.51. The first-order valence-electron chi connectivity index (χ1n) is 14.1. The lowest BCUT2D eigenvalue weighted by atomic mass is 9.92. The molecule has 1 aliphatic carbocycles. The van der Waals surface area contributed by atoms with Crippen LogP contribution in [0.1, 0.15) is 55.9 Å². The van der Waals surface area contributed by atoms with Crippen LogP contribution in [-0.4, -0.2) is 30.8 Å². The number of halogens is 1. The van der Waals surface area contributed by atoms with Crippen LogP contribution in [0.25, 0.3) is 22.0 Å². The van der Waals surface area contributed by atoms with Gasteiger partial charge in [0.25, 0.3) is 0 Å². The number of carbonyl (C=O) groups excluding carboxylic acids is 1. The number of aromatic nitrogens is 1. The monoisotopic (exact) mass is 576 g/mol. The van der Waals surface area contributed by atoms with Gasteiger partial charge < -0.3 is 14.0 Å². The van der Waals surface area contributed by atoms with E-state index in [1.54, 1.807) is 0 Å². The highest BCUT2D eigenvalue weighted by atomic mass is 35.5.